The van der Waals surface area contributed by atoms with E-state index in [9.17, 15) is 43.2 Å². The quantitative estimate of drug-likeness (QED) is 0.0222. The largest absolute Gasteiger partial charge is 0.472 e. The first-order valence-corrected chi connectivity index (χ1v) is 50.3. The number of carbonyl (C=O) groups is 4. The molecule has 0 bridgehead atoms. The van der Waals surface area contributed by atoms with Gasteiger partial charge in [0, 0.05) is 25.7 Å². The maximum atomic E-state index is 13.2. The summed E-state index contributed by atoms with van der Waals surface area (Å²) in [6.45, 7) is 14.4. The lowest BCUT2D eigenvalue weighted by Gasteiger charge is -2.21. The minimum atomic E-state index is -4.97. The van der Waals surface area contributed by atoms with Gasteiger partial charge in [0.1, 0.15) is 19.3 Å². The Hall–Kier alpha value is -1.94. The molecular formula is C92H180O17P2. The highest BCUT2D eigenvalue weighted by atomic mass is 31.2. The van der Waals surface area contributed by atoms with Gasteiger partial charge in [-0.3, -0.25) is 37.3 Å². The van der Waals surface area contributed by atoms with Crippen LogP contribution in [0.4, 0.5) is 0 Å². The van der Waals surface area contributed by atoms with Crippen molar-refractivity contribution in [2.75, 3.05) is 39.6 Å². The van der Waals surface area contributed by atoms with Crippen molar-refractivity contribution >= 4 is 39.5 Å². The van der Waals surface area contributed by atoms with Crippen molar-refractivity contribution in [3.8, 4) is 0 Å². The van der Waals surface area contributed by atoms with E-state index in [-0.39, 0.29) is 25.7 Å². The summed E-state index contributed by atoms with van der Waals surface area (Å²) in [5, 5.41) is 10.7. The van der Waals surface area contributed by atoms with E-state index in [1.807, 2.05) is 0 Å². The van der Waals surface area contributed by atoms with Crippen molar-refractivity contribution in [1.82, 2.24) is 0 Å². The van der Waals surface area contributed by atoms with E-state index in [1.165, 1.54) is 283 Å². The third kappa shape index (κ3) is 82.9. The molecule has 0 amide bonds. The number of hydrogen-bond acceptors (Lipinski definition) is 15. The summed E-state index contributed by atoms with van der Waals surface area (Å²) >= 11 is 0. The van der Waals surface area contributed by atoms with Gasteiger partial charge >= 0.3 is 39.5 Å². The smallest absolute Gasteiger partial charge is 0.462 e. The van der Waals surface area contributed by atoms with E-state index in [2.05, 4.69) is 55.4 Å². The van der Waals surface area contributed by atoms with Crippen LogP contribution in [0.2, 0.25) is 0 Å². The summed E-state index contributed by atoms with van der Waals surface area (Å²) in [4.78, 5) is 73.4. The Kier molecular flexibility index (Phi) is 79.1. The highest BCUT2D eigenvalue weighted by molar-refractivity contribution is 7.47. The van der Waals surface area contributed by atoms with Crippen molar-refractivity contribution in [2.24, 2.45) is 23.7 Å². The lowest BCUT2D eigenvalue weighted by atomic mass is 9.99. The molecule has 0 aliphatic carbocycles. The lowest BCUT2D eigenvalue weighted by molar-refractivity contribution is -0.161. The normalized spacial score (nSPS) is 14.3. The van der Waals surface area contributed by atoms with Crippen LogP contribution >= 0.6 is 15.6 Å². The number of unbranched alkanes of at least 4 members (excludes halogenated alkanes) is 53. The monoisotopic (exact) mass is 1620 g/mol. The van der Waals surface area contributed by atoms with Gasteiger partial charge in [0.15, 0.2) is 12.2 Å². The molecule has 0 rings (SSSR count). The fourth-order valence-electron chi connectivity index (χ4n) is 14.3. The van der Waals surface area contributed by atoms with Gasteiger partial charge in [0.25, 0.3) is 0 Å². The number of aliphatic hydroxyl groups excluding tert-OH is 1. The van der Waals surface area contributed by atoms with Gasteiger partial charge in [-0.05, 0) is 49.4 Å². The van der Waals surface area contributed by atoms with Crippen LogP contribution in [-0.2, 0) is 65.4 Å². The van der Waals surface area contributed by atoms with Crippen LogP contribution < -0.4 is 0 Å². The molecule has 0 aromatic carbocycles. The summed E-state index contributed by atoms with van der Waals surface area (Å²) < 4.78 is 69.1. The SMILES string of the molecule is CCC(C)CCCCCCCCCCCCCCCCCCCCC(=O)OC[C@H](COP(=O)(O)OC[C@@H](O)COP(=O)(O)OC[C@@H](COC(=O)CCCCCCCCC(C)CC)OC(=O)CCCCCCCCCCCCCCCCCC(C)C)OC(=O)CCCCCCCCCCCCCCCCCCCCC(C)C. The molecule has 4 unspecified atom stereocenters. The number of aliphatic hydroxyl groups is 1. The summed E-state index contributed by atoms with van der Waals surface area (Å²) in [6.07, 6.45) is 72.3. The molecular weight excluding hydrogens is 1440 g/mol. The van der Waals surface area contributed by atoms with E-state index in [4.69, 9.17) is 37.0 Å². The summed E-state index contributed by atoms with van der Waals surface area (Å²) in [7, 11) is -9.94. The summed E-state index contributed by atoms with van der Waals surface area (Å²) in [6, 6.07) is 0. The Morgan fingerprint density at radius 1 is 0.252 bits per heavy atom. The predicted octanol–water partition coefficient (Wildman–Crippen LogP) is 28.3. The number of esters is 4. The van der Waals surface area contributed by atoms with Crippen molar-refractivity contribution in [1.29, 1.82) is 0 Å². The lowest BCUT2D eigenvalue weighted by Crippen LogP contribution is -2.30. The average molecular weight is 1620 g/mol. The van der Waals surface area contributed by atoms with E-state index in [0.29, 0.717) is 25.7 Å². The third-order valence-electron chi connectivity index (χ3n) is 22.3. The van der Waals surface area contributed by atoms with Crippen LogP contribution in [-0.4, -0.2) is 96.7 Å². The molecule has 0 saturated heterocycles. The Balaban J connectivity index is 5.22. The topological polar surface area (TPSA) is 237 Å². The Labute approximate surface area is 683 Å². The van der Waals surface area contributed by atoms with Gasteiger partial charge in [-0.25, -0.2) is 9.13 Å². The Morgan fingerprint density at radius 2 is 0.432 bits per heavy atom. The van der Waals surface area contributed by atoms with Crippen molar-refractivity contribution < 1.29 is 80.2 Å². The molecule has 0 aliphatic heterocycles. The number of hydrogen-bond donors (Lipinski definition) is 3. The number of phosphoric ester groups is 2. The Bertz CT molecular complexity index is 2150. The number of ether oxygens (including phenoxy) is 4. The first-order valence-electron chi connectivity index (χ1n) is 47.3. The second kappa shape index (κ2) is 80.5. The van der Waals surface area contributed by atoms with Crippen molar-refractivity contribution in [3.05, 3.63) is 0 Å². The highest BCUT2D eigenvalue weighted by Gasteiger charge is 2.31. The van der Waals surface area contributed by atoms with Gasteiger partial charge < -0.3 is 33.8 Å². The van der Waals surface area contributed by atoms with Crippen LogP contribution in [0.25, 0.3) is 0 Å². The van der Waals surface area contributed by atoms with Crippen LogP contribution in [0, 0.1) is 23.7 Å². The minimum Gasteiger partial charge on any atom is -0.462 e. The fraction of sp³-hybridized carbons (Fsp3) is 0.957. The molecule has 3 N–H and O–H groups in total. The molecule has 0 heterocycles. The molecule has 0 saturated carbocycles. The maximum Gasteiger partial charge on any atom is 0.472 e. The number of carbonyl (C=O) groups excluding carboxylic acids is 4. The Morgan fingerprint density at radius 3 is 0.640 bits per heavy atom. The van der Waals surface area contributed by atoms with Crippen LogP contribution in [0.3, 0.4) is 0 Å². The van der Waals surface area contributed by atoms with Crippen LogP contribution in [0.1, 0.15) is 486 Å². The fourth-order valence-corrected chi connectivity index (χ4v) is 15.9. The van der Waals surface area contributed by atoms with Crippen LogP contribution in [0.15, 0.2) is 0 Å². The van der Waals surface area contributed by atoms with Crippen molar-refractivity contribution in [3.63, 3.8) is 0 Å². The van der Waals surface area contributed by atoms with E-state index in [1.54, 1.807) is 0 Å². The second-order valence-corrected chi connectivity index (χ2v) is 37.4. The van der Waals surface area contributed by atoms with Crippen LogP contribution in [0.5, 0.6) is 0 Å². The molecule has 0 radical (unpaired) electrons. The van der Waals surface area contributed by atoms with Gasteiger partial charge in [-0.1, -0.05) is 434 Å². The molecule has 17 nitrogen and oxygen atoms in total. The summed E-state index contributed by atoms with van der Waals surface area (Å²) in [5.41, 5.74) is 0. The second-order valence-electron chi connectivity index (χ2n) is 34.5. The zero-order valence-electron chi connectivity index (χ0n) is 73.6. The molecule has 111 heavy (non-hydrogen) atoms. The summed E-state index contributed by atoms with van der Waals surface area (Å²) in [5.74, 6) is 1.13. The molecule has 7 atom stereocenters. The molecule has 660 valence electrons. The van der Waals surface area contributed by atoms with Gasteiger partial charge in [0.2, 0.25) is 0 Å². The zero-order chi connectivity index (χ0) is 81.6. The maximum absolute atomic E-state index is 13.2. The molecule has 0 aromatic heterocycles. The standard InChI is InChI=1S/C92H180O17P2/c1-9-84(7)70-62-54-46-40-34-28-22-16-12-14-17-23-29-35-41-47-56-64-72-89(94)102-78-87(108-91(96)74-66-58-48-42-36-30-24-18-13-11-15-20-26-32-38-44-52-60-68-82(3)4)80-106-110(98,99)104-76-86(93)77-105-111(100,101)107-81-88(79-103-90(95)73-65-57-51-50-55-63-71-85(8)10-2)109-92(97)75-67-59-49-43-37-31-25-19-21-27-33-39-45-53-61-69-83(5)6/h82-88,93H,9-81H2,1-8H3,(H,98,99)(H,100,101)/t84?,85?,86-,87-,88-/m1/s1. The van der Waals surface area contributed by atoms with Crippen molar-refractivity contribution in [2.45, 2.75) is 504 Å². The average Bonchev–Trinajstić information content (AvgIpc) is 0.894. The van der Waals surface area contributed by atoms with Gasteiger partial charge in [-0.15, -0.1) is 0 Å². The van der Waals surface area contributed by atoms with E-state index in [0.717, 1.165) is 120 Å². The molecule has 0 aliphatic rings. The number of rotatable bonds is 89. The first kappa shape index (κ1) is 109. The number of phosphoric acid groups is 2. The molecule has 19 heteroatoms. The molecule has 0 fully saturated rings. The van der Waals surface area contributed by atoms with Gasteiger partial charge in [0.05, 0.1) is 26.4 Å². The third-order valence-corrected chi connectivity index (χ3v) is 24.2. The van der Waals surface area contributed by atoms with Gasteiger partial charge in [-0.2, -0.15) is 0 Å². The minimum absolute atomic E-state index is 0.107. The highest BCUT2D eigenvalue weighted by Crippen LogP contribution is 2.45. The van der Waals surface area contributed by atoms with E-state index < -0.39 is 97.5 Å². The van der Waals surface area contributed by atoms with E-state index >= 15 is 0 Å². The molecule has 0 spiro atoms. The molecule has 0 aromatic rings. The zero-order valence-corrected chi connectivity index (χ0v) is 75.4. The first-order chi connectivity index (χ1) is 53.7. The predicted molar refractivity (Wildman–Crippen MR) is 460 cm³/mol.